The number of rotatable bonds is 5. The molecule has 0 saturated heterocycles. The third kappa shape index (κ3) is 3.68. The Morgan fingerprint density at radius 2 is 2.19 bits per heavy atom. The van der Waals surface area contributed by atoms with Crippen LogP contribution in [0.5, 0.6) is 0 Å². The summed E-state index contributed by atoms with van der Waals surface area (Å²) in [5.74, 6) is 0.425. The summed E-state index contributed by atoms with van der Waals surface area (Å²) in [5, 5.41) is 0. The maximum atomic E-state index is 12.0. The molecule has 1 aromatic rings. The van der Waals surface area contributed by atoms with Gasteiger partial charge in [0.25, 0.3) is 0 Å². The van der Waals surface area contributed by atoms with Gasteiger partial charge in [0.1, 0.15) is 5.78 Å². The van der Waals surface area contributed by atoms with Crippen LogP contribution in [0.25, 0.3) is 0 Å². The first kappa shape index (κ1) is 13.3. The molecule has 0 saturated carbocycles. The van der Waals surface area contributed by atoms with Crippen LogP contribution in [-0.4, -0.2) is 17.3 Å². The molecule has 0 aliphatic rings. The van der Waals surface area contributed by atoms with Gasteiger partial charge < -0.3 is 5.73 Å². The molecule has 0 radical (unpaired) electrons. The van der Waals surface area contributed by atoms with Crippen molar-refractivity contribution in [2.45, 2.75) is 20.3 Å². The van der Waals surface area contributed by atoms with Gasteiger partial charge in [0.15, 0.2) is 0 Å². The van der Waals surface area contributed by atoms with Crippen LogP contribution in [0.3, 0.4) is 0 Å². The Hall–Kier alpha value is -0.740. The van der Waals surface area contributed by atoms with E-state index in [4.69, 9.17) is 5.73 Å². The second-order valence-electron chi connectivity index (χ2n) is 4.24. The fourth-order valence-electron chi connectivity index (χ4n) is 1.66. The molecule has 16 heavy (non-hydrogen) atoms. The van der Waals surface area contributed by atoms with Crippen molar-refractivity contribution in [3.05, 3.63) is 28.5 Å². The van der Waals surface area contributed by atoms with E-state index in [0.29, 0.717) is 13.0 Å². The average Bonchev–Trinajstić information content (AvgIpc) is 2.17. The zero-order valence-electron chi connectivity index (χ0n) is 9.61. The topological polar surface area (TPSA) is 56.0 Å². The predicted molar refractivity (Wildman–Crippen MR) is 68.0 cm³/mol. The van der Waals surface area contributed by atoms with Gasteiger partial charge >= 0.3 is 0 Å². The van der Waals surface area contributed by atoms with E-state index in [2.05, 4.69) is 20.9 Å². The molecule has 0 fully saturated rings. The summed E-state index contributed by atoms with van der Waals surface area (Å²) in [6, 6.07) is 1.92. The van der Waals surface area contributed by atoms with Crippen molar-refractivity contribution < 1.29 is 4.79 Å². The van der Waals surface area contributed by atoms with Gasteiger partial charge in [0.05, 0.1) is 0 Å². The Morgan fingerprint density at radius 3 is 2.69 bits per heavy atom. The number of nitrogens with zero attached hydrogens (tertiary/aromatic N) is 1. The lowest BCUT2D eigenvalue weighted by Gasteiger charge is -2.17. The minimum atomic E-state index is -0.0565. The van der Waals surface area contributed by atoms with Crippen LogP contribution in [-0.2, 0) is 11.2 Å². The first-order valence-electron chi connectivity index (χ1n) is 5.36. The fraction of sp³-hybridized carbons (Fsp3) is 0.500. The molecular formula is C12H17BrN2O. The Labute approximate surface area is 105 Å². The van der Waals surface area contributed by atoms with E-state index in [-0.39, 0.29) is 17.6 Å². The van der Waals surface area contributed by atoms with E-state index in [0.717, 1.165) is 10.0 Å². The summed E-state index contributed by atoms with van der Waals surface area (Å²) in [5.41, 5.74) is 6.54. The molecule has 0 aromatic carbocycles. The van der Waals surface area contributed by atoms with Crippen LogP contribution < -0.4 is 5.73 Å². The van der Waals surface area contributed by atoms with Crippen molar-refractivity contribution in [3.63, 3.8) is 0 Å². The molecule has 4 heteroatoms. The lowest BCUT2D eigenvalue weighted by Crippen LogP contribution is -2.29. The summed E-state index contributed by atoms with van der Waals surface area (Å²) in [7, 11) is 0. The summed E-state index contributed by atoms with van der Waals surface area (Å²) in [4.78, 5) is 16.0. The van der Waals surface area contributed by atoms with E-state index in [1.54, 1.807) is 12.4 Å². The average molecular weight is 285 g/mol. The Bertz CT molecular complexity index is 366. The van der Waals surface area contributed by atoms with Crippen LogP contribution >= 0.6 is 15.9 Å². The molecule has 2 N–H and O–H groups in total. The SMILES string of the molecule is CC(C)C(CN)C(=O)Cc1cncc(Br)c1. The molecule has 1 aromatic heterocycles. The number of halogens is 1. The largest absolute Gasteiger partial charge is 0.330 e. The molecule has 1 atom stereocenters. The maximum absolute atomic E-state index is 12.0. The molecule has 0 aliphatic carbocycles. The summed E-state index contributed by atoms with van der Waals surface area (Å²) < 4.78 is 0.895. The Balaban J connectivity index is 2.70. The highest BCUT2D eigenvalue weighted by Crippen LogP contribution is 2.15. The Morgan fingerprint density at radius 1 is 1.50 bits per heavy atom. The van der Waals surface area contributed by atoms with Gasteiger partial charge in [-0.15, -0.1) is 0 Å². The first-order valence-corrected chi connectivity index (χ1v) is 6.16. The number of Topliss-reactive ketones (excluding diaryl/α,β-unsaturated/α-hetero) is 1. The van der Waals surface area contributed by atoms with Crippen molar-refractivity contribution in [3.8, 4) is 0 Å². The lowest BCUT2D eigenvalue weighted by atomic mass is 9.89. The molecule has 3 nitrogen and oxygen atoms in total. The van der Waals surface area contributed by atoms with E-state index in [9.17, 15) is 4.79 Å². The highest BCUT2D eigenvalue weighted by Gasteiger charge is 2.20. The van der Waals surface area contributed by atoms with Crippen molar-refractivity contribution in [2.75, 3.05) is 6.54 Å². The van der Waals surface area contributed by atoms with Crippen LogP contribution in [0.2, 0.25) is 0 Å². The molecule has 1 rings (SSSR count). The van der Waals surface area contributed by atoms with E-state index in [1.807, 2.05) is 19.9 Å². The van der Waals surface area contributed by atoms with Crippen molar-refractivity contribution in [1.82, 2.24) is 4.98 Å². The standard InChI is InChI=1S/C12H17BrN2O/c1-8(2)11(5-14)12(16)4-9-3-10(13)7-15-6-9/h3,6-8,11H,4-5,14H2,1-2H3. The van der Waals surface area contributed by atoms with Gasteiger partial charge in [-0.3, -0.25) is 9.78 Å². The molecular weight excluding hydrogens is 268 g/mol. The second-order valence-corrected chi connectivity index (χ2v) is 5.16. The lowest BCUT2D eigenvalue weighted by molar-refractivity contribution is -0.123. The monoisotopic (exact) mass is 284 g/mol. The second kappa shape index (κ2) is 6.11. The van der Waals surface area contributed by atoms with Gasteiger partial charge in [-0.1, -0.05) is 13.8 Å². The fourth-order valence-corrected chi connectivity index (χ4v) is 2.07. The number of nitrogens with two attached hydrogens (primary N) is 1. The number of aromatic nitrogens is 1. The number of hydrogen-bond acceptors (Lipinski definition) is 3. The summed E-state index contributed by atoms with van der Waals surface area (Å²) in [6.07, 6.45) is 3.83. The number of ketones is 1. The number of hydrogen-bond donors (Lipinski definition) is 1. The van der Waals surface area contributed by atoms with Crippen LogP contribution in [0.15, 0.2) is 22.9 Å². The molecule has 1 heterocycles. The summed E-state index contributed by atoms with van der Waals surface area (Å²) >= 11 is 3.34. The van der Waals surface area contributed by atoms with E-state index in [1.165, 1.54) is 0 Å². The summed E-state index contributed by atoms with van der Waals surface area (Å²) in [6.45, 7) is 4.46. The highest BCUT2D eigenvalue weighted by molar-refractivity contribution is 9.10. The molecule has 0 aliphatic heterocycles. The first-order chi connectivity index (χ1) is 7.54. The normalized spacial score (nSPS) is 12.8. The van der Waals surface area contributed by atoms with Crippen LogP contribution in [0.4, 0.5) is 0 Å². The van der Waals surface area contributed by atoms with Gasteiger partial charge in [-0.2, -0.15) is 0 Å². The van der Waals surface area contributed by atoms with Gasteiger partial charge in [-0.25, -0.2) is 0 Å². The van der Waals surface area contributed by atoms with Gasteiger partial charge in [0.2, 0.25) is 0 Å². The molecule has 0 amide bonds. The van der Waals surface area contributed by atoms with E-state index < -0.39 is 0 Å². The van der Waals surface area contributed by atoms with Crippen molar-refractivity contribution in [1.29, 1.82) is 0 Å². The van der Waals surface area contributed by atoms with Crippen LogP contribution in [0.1, 0.15) is 19.4 Å². The number of carbonyl (C=O) groups is 1. The zero-order valence-corrected chi connectivity index (χ0v) is 11.2. The van der Waals surface area contributed by atoms with Crippen molar-refractivity contribution >= 4 is 21.7 Å². The number of pyridine rings is 1. The highest BCUT2D eigenvalue weighted by atomic mass is 79.9. The van der Waals surface area contributed by atoms with Gasteiger partial charge in [-0.05, 0) is 33.5 Å². The predicted octanol–water partition coefficient (Wildman–Crippen LogP) is 2.19. The van der Waals surface area contributed by atoms with E-state index >= 15 is 0 Å². The minimum Gasteiger partial charge on any atom is -0.330 e. The molecule has 1 unspecified atom stereocenters. The smallest absolute Gasteiger partial charge is 0.141 e. The zero-order chi connectivity index (χ0) is 12.1. The maximum Gasteiger partial charge on any atom is 0.141 e. The number of carbonyl (C=O) groups excluding carboxylic acids is 1. The van der Waals surface area contributed by atoms with Gasteiger partial charge in [0, 0.05) is 35.7 Å². The van der Waals surface area contributed by atoms with Crippen LogP contribution in [0, 0.1) is 11.8 Å². The molecule has 0 spiro atoms. The minimum absolute atomic E-state index is 0.0565. The third-order valence-electron chi connectivity index (χ3n) is 2.61. The molecule has 0 bridgehead atoms. The van der Waals surface area contributed by atoms with Crippen molar-refractivity contribution in [2.24, 2.45) is 17.6 Å². The quantitative estimate of drug-likeness (QED) is 0.902. The molecule has 88 valence electrons. The third-order valence-corrected chi connectivity index (χ3v) is 3.05. The Kier molecular flexibility index (Phi) is 5.09.